The number of carbonyl (C=O) groups is 1. The van der Waals surface area contributed by atoms with Gasteiger partial charge in [-0.1, -0.05) is 18.2 Å². The minimum absolute atomic E-state index is 0.0368. The molecule has 2 rings (SSSR count). The first-order valence-corrected chi connectivity index (χ1v) is 9.55. The van der Waals surface area contributed by atoms with Crippen LogP contribution in [0.2, 0.25) is 0 Å². The van der Waals surface area contributed by atoms with Crippen LogP contribution in [-0.2, 0) is 21.4 Å². The van der Waals surface area contributed by atoms with Crippen molar-refractivity contribution in [1.29, 1.82) is 0 Å². The third-order valence-corrected chi connectivity index (χ3v) is 5.05. The summed E-state index contributed by atoms with van der Waals surface area (Å²) < 4.78 is 32.3. The van der Waals surface area contributed by atoms with Crippen LogP contribution in [0, 0.1) is 0 Å². The molecule has 1 aromatic carbocycles. The van der Waals surface area contributed by atoms with Crippen molar-refractivity contribution in [3.63, 3.8) is 0 Å². The number of nitrogens with one attached hydrogen (secondary N) is 1. The second kappa shape index (κ2) is 8.64. The zero-order chi connectivity index (χ0) is 18.3. The molecule has 0 saturated carbocycles. The average molecular weight is 362 g/mol. The van der Waals surface area contributed by atoms with Gasteiger partial charge in [0.2, 0.25) is 15.9 Å². The van der Waals surface area contributed by atoms with Gasteiger partial charge in [-0.25, -0.2) is 13.1 Å². The van der Waals surface area contributed by atoms with Gasteiger partial charge in [-0.15, -0.1) is 0 Å². The van der Waals surface area contributed by atoms with Gasteiger partial charge in [0.25, 0.3) is 0 Å². The maximum Gasteiger partial charge on any atom is 0.246 e. The summed E-state index contributed by atoms with van der Waals surface area (Å²) in [6.07, 6.45) is 3.03. The highest BCUT2D eigenvalue weighted by atomic mass is 32.2. The summed E-state index contributed by atoms with van der Waals surface area (Å²) in [7, 11) is -3.58. The molecule has 1 amide bonds. The lowest BCUT2D eigenvalue weighted by atomic mass is 10.3. The maximum absolute atomic E-state index is 12.2. The summed E-state index contributed by atoms with van der Waals surface area (Å²) >= 11 is 0. The molecule has 0 spiro atoms. The van der Waals surface area contributed by atoms with Crippen LogP contribution in [-0.4, -0.2) is 32.3 Å². The second-order valence-corrected chi connectivity index (χ2v) is 7.05. The Morgan fingerprint density at radius 1 is 1.12 bits per heavy atom. The number of rotatable bonds is 8. The van der Waals surface area contributed by atoms with Gasteiger partial charge in [-0.2, -0.15) is 0 Å². The number of nitrogens with zero attached hydrogens (tertiary/aromatic N) is 1. The monoisotopic (exact) mass is 362 g/mol. The largest absolute Gasteiger partial charge is 0.460 e. The molecule has 0 saturated heterocycles. The van der Waals surface area contributed by atoms with Crippen LogP contribution < -0.4 is 4.72 Å². The molecule has 0 aliphatic carbocycles. The van der Waals surface area contributed by atoms with Crippen LogP contribution in [0.4, 0.5) is 0 Å². The van der Waals surface area contributed by atoms with Gasteiger partial charge in [-0.05, 0) is 44.2 Å². The molecule has 7 heteroatoms. The van der Waals surface area contributed by atoms with Crippen LogP contribution in [0.1, 0.15) is 25.4 Å². The highest BCUT2D eigenvalue weighted by Crippen LogP contribution is 2.12. The lowest BCUT2D eigenvalue weighted by Gasteiger charge is -2.15. The topological polar surface area (TPSA) is 79.6 Å². The summed E-state index contributed by atoms with van der Waals surface area (Å²) in [6, 6.07) is 11.5. The number of carbonyl (C=O) groups excluding carboxylic acids is 1. The van der Waals surface area contributed by atoms with Crippen LogP contribution in [0.5, 0.6) is 0 Å². The Kier molecular flexibility index (Phi) is 6.55. The number of likely N-dealkylation sites (N-methyl/N-ethyl adjacent to an activating group) is 1. The first kappa shape index (κ1) is 19.0. The Morgan fingerprint density at radius 3 is 2.44 bits per heavy atom. The Bertz CT molecular complexity index is 822. The molecular weight excluding hydrogens is 340 g/mol. The highest BCUT2D eigenvalue weighted by molar-refractivity contribution is 7.89. The summed E-state index contributed by atoms with van der Waals surface area (Å²) in [5.74, 6) is 0.872. The van der Waals surface area contributed by atoms with E-state index in [2.05, 4.69) is 4.72 Å². The molecule has 0 bridgehead atoms. The Hall–Kier alpha value is -2.38. The zero-order valence-corrected chi connectivity index (χ0v) is 15.1. The van der Waals surface area contributed by atoms with E-state index in [9.17, 15) is 13.2 Å². The van der Waals surface area contributed by atoms with E-state index in [0.29, 0.717) is 24.6 Å². The van der Waals surface area contributed by atoms with Crippen molar-refractivity contribution in [2.24, 2.45) is 0 Å². The van der Waals surface area contributed by atoms with Gasteiger partial charge in [0.15, 0.2) is 0 Å². The zero-order valence-electron chi connectivity index (χ0n) is 14.3. The van der Waals surface area contributed by atoms with E-state index in [0.717, 1.165) is 0 Å². The van der Waals surface area contributed by atoms with Gasteiger partial charge in [-0.3, -0.25) is 4.79 Å². The molecule has 1 heterocycles. The molecule has 6 nitrogen and oxygen atoms in total. The number of sulfonamides is 1. The van der Waals surface area contributed by atoms with Crippen molar-refractivity contribution in [3.8, 4) is 0 Å². The van der Waals surface area contributed by atoms with Crippen molar-refractivity contribution < 1.29 is 17.6 Å². The van der Waals surface area contributed by atoms with E-state index < -0.39 is 10.0 Å². The molecule has 0 fully saturated rings. The predicted octanol–water partition coefficient (Wildman–Crippen LogP) is 2.64. The van der Waals surface area contributed by atoms with Crippen LogP contribution in [0.3, 0.4) is 0 Å². The molecule has 0 radical (unpaired) electrons. The third-order valence-electron chi connectivity index (χ3n) is 3.64. The average Bonchev–Trinajstić information content (AvgIpc) is 3.08. The molecule has 2 aromatic rings. The fourth-order valence-electron chi connectivity index (χ4n) is 2.22. The summed E-state index contributed by atoms with van der Waals surface area (Å²) in [6.45, 7) is 5.15. The molecule has 0 aliphatic heterocycles. The quantitative estimate of drug-likeness (QED) is 0.732. The first-order chi connectivity index (χ1) is 12.0. The van der Waals surface area contributed by atoms with Crippen molar-refractivity contribution in [1.82, 2.24) is 9.62 Å². The van der Waals surface area contributed by atoms with Crippen LogP contribution >= 0.6 is 0 Å². The van der Waals surface area contributed by atoms with E-state index in [1.54, 1.807) is 41.3 Å². The molecule has 0 unspecified atom stereocenters. The predicted molar refractivity (Wildman–Crippen MR) is 96.1 cm³/mol. The highest BCUT2D eigenvalue weighted by Gasteiger charge is 2.13. The smallest absolute Gasteiger partial charge is 0.246 e. The van der Waals surface area contributed by atoms with Gasteiger partial charge in [0, 0.05) is 19.2 Å². The van der Waals surface area contributed by atoms with Gasteiger partial charge < -0.3 is 9.32 Å². The third kappa shape index (κ3) is 5.30. The Labute approximate surface area is 148 Å². The minimum atomic E-state index is -3.58. The number of hydrogen-bond donors (Lipinski definition) is 1. The molecule has 1 aromatic heterocycles. The minimum Gasteiger partial charge on any atom is -0.460 e. The number of furan rings is 1. The number of hydrogen-bond acceptors (Lipinski definition) is 4. The second-order valence-electron chi connectivity index (χ2n) is 5.29. The number of amides is 1. The SMILES string of the molecule is CCN(CC)C(=O)C=Cc1ccc(CNS(=O)(=O)c2ccccc2)o1. The maximum atomic E-state index is 12.2. The van der Waals surface area contributed by atoms with Gasteiger partial charge >= 0.3 is 0 Å². The summed E-state index contributed by atoms with van der Waals surface area (Å²) in [4.78, 5) is 13.8. The lowest BCUT2D eigenvalue weighted by Crippen LogP contribution is -2.28. The normalized spacial score (nSPS) is 11.8. The summed E-state index contributed by atoms with van der Waals surface area (Å²) in [5.41, 5.74) is 0. The molecule has 134 valence electrons. The van der Waals surface area contributed by atoms with Crippen molar-refractivity contribution in [2.45, 2.75) is 25.3 Å². The molecule has 25 heavy (non-hydrogen) atoms. The molecule has 0 atom stereocenters. The van der Waals surface area contributed by atoms with Crippen LogP contribution in [0.15, 0.2) is 57.9 Å². The molecular formula is C18H22N2O4S. The molecule has 1 N–H and O–H groups in total. The van der Waals surface area contributed by atoms with Crippen molar-refractivity contribution in [2.75, 3.05) is 13.1 Å². The fourth-order valence-corrected chi connectivity index (χ4v) is 3.24. The van der Waals surface area contributed by atoms with Crippen LogP contribution in [0.25, 0.3) is 6.08 Å². The Morgan fingerprint density at radius 2 is 1.80 bits per heavy atom. The van der Waals surface area contributed by atoms with E-state index in [1.165, 1.54) is 18.2 Å². The first-order valence-electron chi connectivity index (χ1n) is 8.06. The molecule has 0 aliphatic rings. The number of benzene rings is 1. The lowest BCUT2D eigenvalue weighted by molar-refractivity contribution is -0.125. The van der Waals surface area contributed by atoms with Crippen molar-refractivity contribution >= 4 is 22.0 Å². The summed E-state index contributed by atoms with van der Waals surface area (Å²) in [5, 5.41) is 0. The van der Waals surface area contributed by atoms with E-state index in [-0.39, 0.29) is 17.3 Å². The fraction of sp³-hybridized carbons (Fsp3) is 0.278. The van der Waals surface area contributed by atoms with E-state index >= 15 is 0 Å². The standard InChI is InChI=1S/C18H22N2O4S/c1-3-20(4-2)18(21)13-12-15-10-11-16(24-15)14-19-25(22,23)17-8-6-5-7-9-17/h5-13,19H,3-4,14H2,1-2H3. The van der Waals surface area contributed by atoms with E-state index in [4.69, 9.17) is 4.42 Å². The van der Waals surface area contributed by atoms with Crippen molar-refractivity contribution in [3.05, 3.63) is 60.1 Å². The van der Waals surface area contributed by atoms with Gasteiger partial charge in [0.05, 0.1) is 11.4 Å². The van der Waals surface area contributed by atoms with E-state index in [1.807, 2.05) is 13.8 Å². The van der Waals surface area contributed by atoms with Gasteiger partial charge in [0.1, 0.15) is 11.5 Å². The Balaban J connectivity index is 1.97.